The van der Waals surface area contributed by atoms with Gasteiger partial charge in [-0.25, -0.2) is 13.9 Å². The monoisotopic (exact) mass is 400 g/mol. The van der Waals surface area contributed by atoms with Crippen LogP contribution in [0.1, 0.15) is 27.8 Å². The van der Waals surface area contributed by atoms with Crippen molar-refractivity contribution in [2.24, 2.45) is 4.99 Å². The predicted octanol–water partition coefficient (Wildman–Crippen LogP) is 2.04. The highest BCUT2D eigenvalue weighted by molar-refractivity contribution is 6.30. The molecule has 3 amide bonds. The number of aromatic nitrogens is 2. The third kappa shape index (κ3) is 2.48. The van der Waals surface area contributed by atoms with Crippen molar-refractivity contribution in [3.63, 3.8) is 0 Å². The van der Waals surface area contributed by atoms with Gasteiger partial charge in [0.25, 0.3) is 5.91 Å². The minimum Gasteiger partial charge on any atom is -0.291 e. The number of imidazole rings is 1. The number of halogens is 1. The number of benzene rings is 1. The van der Waals surface area contributed by atoms with Crippen molar-refractivity contribution in [3.05, 3.63) is 46.2 Å². The zero-order chi connectivity index (χ0) is 20.3. The molecule has 1 aromatic heterocycles. The number of urea groups is 1. The van der Waals surface area contributed by atoms with Gasteiger partial charge >= 0.3 is 12.0 Å². The molecule has 2 aliphatic heterocycles. The first kappa shape index (κ1) is 18.4. The van der Waals surface area contributed by atoms with Crippen LogP contribution < -0.4 is 4.57 Å². The van der Waals surface area contributed by atoms with Gasteiger partial charge in [-0.05, 0) is 38.1 Å². The third-order valence-electron chi connectivity index (χ3n) is 5.41. The smallest absolute Gasteiger partial charge is 0.291 e. The number of carbonyl (C=O) groups is 3. The first-order valence-electron chi connectivity index (χ1n) is 8.76. The summed E-state index contributed by atoms with van der Waals surface area (Å²) in [5.74, 6) is 0.426. The van der Waals surface area contributed by atoms with Crippen LogP contribution >= 0.6 is 11.6 Å². The molecule has 0 spiro atoms. The second-order valence-corrected chi connectivity index (χ2v) is 7.40. The fourth-order valence-electron chi connectivity index (χ4n) is 3.64. The molecule has 0 N–H and O–H groups in total. The minimum atomic E-state index is -0.701. The second kappa shape index (κ2) is 6.27. The van der Waals surface area contributed by atoms with Crippen molar-refractivity contribution < 1.29 is 19.0 Å². The zero-order valence-corrected chi connectivity index (χ0v) is 16.7. The Labute approximate surface area is 166 Å². The zero-order valence-electron chi connectivity index (χ0n) is 15.9. The molecule has 9 heteroatoms. The number of rotatable bonds is 3. The lowest BCUT2D eigenvalue weighted by molar-refractivity contribution is -0.675. The molecular formula is C19H19ClN5O3+. The Balaban J connectivity index is 1.77. The number of likely N-dealkylation sites (N-methyl/N-ethyl adjacent to an activating group) is 2. The maximum Gasteiger partial charge on any atom is 0.402 e. The number of hydrogen-bond acceptors (Lipinski definition) is 4. The van der Waals surface area contributed by atoms with Crippen molar-refractivity contribution in [3.8, 4) is 0 Å². The number of Topliss-reactive ketones (excluding diaryl/α,β-unsaturated/α-hetero) is 1. The van der Waals surface area contributed by atoms with Gasteiger partial charge in [0.2, 0.25) is 11.9 Å². The summed E-state index contributed by atoms with van der Waals surface area (Å²) in [7, 11) is 3.05. The number of nitrogens with zero attached hydrogens (tertiary/aromatic N) is 5. The molecule has 1 saturated heterocycles. The average Bonchev–Trinajstić information content (AvgIpc) is 3.17. The van der Waals surface area contributed by atoms with Gasteiger partial charge < -0.3 is 0 Å². The summed E-state index contributed by atoms with van der Waals surface area (Å²) in [5, 5.41) is 0.562. The van der Waals surface area contributed by atoms with Gasteiger partial charge in [0.15, 0.2) is 5.78 Å². The van der Waals surface area contributed by atoms with Gasteiger partial charge in [0, 0.05) is 24.7 Å². The van der Waals surface area contributed by atoms with E-state index in [2.05, 4.69) is 4.99 Å². The third-order valence-corrected chi connectivity index (χ3v) is 5.67. The molecule has 1 aromatic carbocycles. The van der Waals surface area contributed by atoms with Crippen LogP contribution in [-0.2, 0) is 11.3 Å². The minimum absolute atomic E-state index is 0.0713. The number of imide groups is 1. The average molecular weight is 401 g/mol. The molecule has 0 aliphatic carbocycles. The fourth-order valence-corrected chi connectivity index (χ4v) is 3.77. The lowest BCUT2D eigenvalue weighted by atomic mass is 10.1. The number of fused-ring (bicyclic) bond motifs is 3. The van der Waals surface area contributed by atoms with E-state index in [9.17, 15) is 14.4 Å². The summed E-state index contributed by atoms with van der Waals surface area (Å²) in [6, 6.07) is 5.58. The molecule has 0 bridgehead atoms. The lowest BCUT2D eigenvalue weighted by Crippen LogP contribution is -2.56. The van der Waals surface area contributed by atoms with Crippen molar-refractivity contribution in [2.45, 2.75) is 26.4 Å². The fraction of sp³-hybridized carbons (Fsp3) is 0.316. The standard InChI is InChI=1S/C19H19ClN5O3/c1-10-11(2)25-15-16(22(3)19(28)23(4)17(15)27)21-18(25)24(10)9-14(26)12-5-7-13(20)8-6-12/h5-8,15H,9H2,1-4H3/q+1. The quantitative estimate of drug-likeness (QED) is 0.584. The Bertz CT molecular complexity index is 1070. The van der Waals surface area contributed by atoms with Crippen LogP contribution in [0, 0.1) is 13.8 Å². The van der Waals surface area contributed by atoms with Crippen molar-refractivity contribution in [2.75, 3.05) is 14.1 Å². The topological polar surface area (TPSA) is 78.9 Å². The molecule has 2 aromatic rings. The number of hydrogen-bond donors (Lipinski definition) is 0. The van der Waals surface area contributed by atoms with E-state index in [1.165, 1.54) is 11.9 Å². The summed E-state index contributed by atoms with van der Waals surface area (Å²) < 4.78 is 3.57. The number of aliphatic imine (C=N–C) groups is 1. The maximum absolute atomic E-state index is 12.8. The Morgan fingerprint density at radius 1 is 1.14 bits per heavy atom. The molecule has 1 fully saturated rings. The first-order chi connectivity index (χ1) is 13.2. The SMILES string of the molecule is Cc1c(C)[n+](CC(=O)c2ccc(Cl)cc2)c2n1C1C(=O)N(C)C(=O)N(C)C1=N2. The van der Waals surface area contributed by atoms with Crippen LogP contribution in [0.5, 0.6) is 0 Å². The van der Waals surface area contributed by atoms with E-state index in [1.807, 2.05) is 13.8 Å². The van der Waals surface area contributed by atoms with E-state index in [1.54, 1.807) is 40.4 Å². The van der Waals surface area contributed by atoms with Crippen LogP contribution in [0.3, 0.4) is 0 Å². The molecule has 3 heterocycles. The van der Waals surface area contributed by atoms with Crippen molar-refractivity contribution in [1.82, 2.24) is 14.4 Å². The van der Waals surface area contributed by atoms with Gasteiger partial charge in [-0.1, -0.05) is 16.6 Å². The van der Waals surface area contributed by atoms with E-state index in [4.69, 9.17) is 11.6 Å². The molecule has 1 unspecified atom stereocenters. The number of carbonyl (C=O) groups excluding carboxylic acids is 3. The molecule has 0 saturated carbocycles. The Kier molecular flexibility index (Phi) is 4.11. The van der Waals surface area contributed by atoms with E-state index >= 15 is 0 Å². The Morgan fingerprint density at radius 3 is 2.43 bits per heavy atom. The first-order valence-corrected chi connectivity index (χ1v) is 9.14. The highest BCUT2D eigenvalue weighted by atomic mass is 35.5. The summed E-state index contributed by atoms with van der Waals surface area (Å²) >= 11 is 5.90. The van der Waals surface area contributed by atoms with E-state index in [0.717, 1.165) is 16.3 Å². The highest BCUT2D eigenvalue weighted by Crippen LogP contribution is 2.34. The van der Waals surface area contributed by atoms with Crippen molar-refractivity contribution in [1.29, 1.82) is 0 Å². The summed E-state index contributed by atoms with van der Waals surface area (Å²) in [5.41, 5.74) is 2.21. The predicted molar refractivity (Wildman–Crippen MR) is 102 cm³/mol. The highest BCUT2D eigenvalue weighted by Gasteiger charge is 2.53. The maximum atomic E-state index is 12.8. The number of amides is 3. The van der Waals surface area contributed by atoms with Gasteiger partial charge in [0.1, 0.15) is 17.9 Å². The number of amidine groups is 1. The van der Waals surface area contributed by atoms with E-state index in [-0.39, 0.29) is 18.2 Å². The molecular weight excluding hydrogens is 382 g/mol. The molecule has 1 atom stereocenters. The van der Waals surface area contributed by atoms with Crippen LogP contribution in [0.2, 0.25) is 5.02 Å². The lowest BCUT2D eigenvalue weighted by Gasteiger charge is -2.30. The summed E-state index contributed by atoms with van der Waals surface area (Å²) in [4.78, 5) is 44.8. The van der Waals surface area contributed by atoms with Crippen molar-refractivity contribution >= 4 is 41.1 Å². The number of ketones is 1. The second-order valence-electron chi connectivity index (χ2n) is 6.97. The largest absolute Gasteiger partial charge is 0.402 e. The van der Waals surface area contributed by atoms with Crippen LogP contribution in [-0.4, -0.2) is 52.0 Å². The normalized spacial score (nSPS) is 18.3. The molecule has 4 rings (SSSR count). The van der Waals surface area contributed by atoms with Crippen LogP contribution in [0.25, 0.3) is 0 Å². The Hall–Kier alpha value is -3.00. The van der Waals surface area contributed by atoms with Gasteiger partial charge in [-0.2, -0.15) is 0 Å². The van der Waals surface area contributed by atoms with Crippen LogP contribution in [0.4, 0.5) is 10.7 Å². The molecule has 8 nitrogen and oxygen atoms in total. The van der Waals surface area contributed by atoms with Gasteiger partial charge in [0.05, 0.1) is 0 Å². The molecule has 144 valence electrons. The van der Waals surface area contributed by atoms with Gasteiger partial charge in [-0.3, -0.25) is 19.4 Å². The van der Waals surface area contributed by atoms with Crippen LogP contribution in [0.15, 0.2) is 29.3 Å². The van der Waals surface area contributed by atoms with Gasteiger partial charge in [-0.15, -0.1) is 0 Å². The van der Waals surface area contributed by atoms with E-state index < -0.39 is 12.1 Å². The summed E-state index contributed by atoms with van der Waals surface area (Å²) in [6.45, 7) is 3.84. The molecule has 0 radical (unpaired) electrons. The summed E-state index contributed by atoms with van der Waals surface area (Å²) in [6.07, 6.45) is 0. The van der Waals surface area contributed by atoms with E-state index in [0.29, 0.717) is 22.4 Å². The molecule has 28 heavy (non-hydrogen) atoms. The molecule has 2 aliphatic rings. The Morgan fingerprint density at radius 2 is 1.79 bits per heavy atom.